The summed E-state index contributed by atoms with van der Waals surface area (Å²) in [7, 11) is 0. The van der Waals surface area contributed by atoms with E-state index in [0.29, 0.717) is 25.8 Å². The lowest BCUT2D eigenvalue weighted by Crippen LogP contribution is -2.44. The number of carbonyl (C=O) groups is 1. The molecular formula is C27H30N2O3. The minimum absolute atomic E-state index is 0.190. The molecule has 1 aromatic carbocycles. The van der Waals surface area contributed by atoms with Crippen LogP contribution in [0, 0.1) is 0 Å². The summed E-state index contributed by atoms with van der Waals surface area (Å²) in [5.41, 5.74) is 5.25. The quantitative estimate of drug-likeness (QED) is 0.710. The number of ketones is 1. The molecule has 0 saturated carbocycles. The highest BCUT2D eigenvalue weighted by atomic mass is 16.5. The van der Waals surface area contributed by atoms with Crippen LogP contribution in [0.1, 0.15) is 54.0 Å². The zero-order valence-corrected chi connectivity index (χ0v) is 18.5. The Morgan fingerprint density at radius 1 is 1.19 bits per heavy atom. The monoisotopic (exact) mass is 430 g/mol. The Balaban J connectivity index is 1.41. The van der Waals surface area contributed by atoms with Crippen molar-refractivity contribution in [2.24, 2.45) is 0 Å². The summed E-state index contributed by atoms with van der Waals surface area (Å²) >= 11 is 0. The van der Waals surface area contributed by atoms with E-state index >= 15 is 0 Å². The molecular weight excluding hydrogens is 400 g/mol. The third-order valence-electron chi connectivity index (χ3n) is 6.91. The van der Waals surface area contributed by atoms with Gasteiger partial charge in [-0.1, -0.05) is 36.9 Å². The number of nitrogens with zero attached hydrogens (tertiary/aromatic N) is 2. The van der Waals surface area contributed by atoms with Gasteiger partial charge in [-0.15, -0.1) is 0 Å². The van der Waals surface area contributed by atoms with Gasteiger partial charge in [-0.3, -0.25) is 14.7 Å². The van der Waals surface area contributed by atoms with Gasteiger partial charge in [0.25, 0.3) is 0 Å². The highest BCUT2D eigenvalue weighted by Gasteiger charge is 2.33. The molecule has 3 aliphatic rings. The van der Waals surface area contributed by atoms with Crippen molar-refractivity contribution in [3.05, 3.63) is 77.1 Å². The molecule has 0 bridgehead atoms. The smallest absolute Gasteiger partial charge is 0.176 e. The van der Waals surface area contributed by atoms with E-state index in [1.807, 2.05) is 18.3 Å². The molecule has 5 heteroatoms. The van der Waals surface area contributed by atoms with Gasteiger partial charge >= 0.3 is 0 Å². The lowest BCUT2D eigenvalue weighted by atomic mass is 9.87. The minimum Gasteiger partial charge on any atom is -0.477 e. The Morgan fingerprint density at radius 2 is 2.09 bits per heavy atom. The van der Waals surface area contributed by atoms with Crippen molar-refractivity contribution >= 4 is 17.6 Å². The Labute approximate surface area is 189 Å². The van der Waals surface area contributed by atoms with E-state index in [1.165, 1.54) is 11.1 Å². The molecule has 3 heterocycles. The topological polar surface area (TPSA) is 51.7 Å². The fraction of sp³-hybridized carbons (Fsp3) is 0.407. The molecule has 1 aliphatic carbocycles. The van der Waals surface area contributed by atoms with Crippen LogP contribution in [0.2, 0.25) is 0 Å². The fourth-order valence-electron chi connectivity index (χ4n) is 5.13. The van der Waals surface area contributed by atoms with E-state index in [4.69, 9.17) is 9.47 Å². The highest BCUT2D eigenvalue weighted by Crippen LogP contribution is 2.40. The Bertz CT molecular complexity index is 1020. The summed E-state index contributed by atoms with van der Waals surface area (Å²) in [6.45, 7) is 6.12. The largest absolute Gasteiger partial charge is 0.477 e. The van der Waals surface area contributed by atoms with Gasteiger partial charge in [0.05, 0.1) is 18.8 Å². The van der Waals surface area contributed by atoms with Crippen molar-refractivity contribution < 1.29 is 14.3 Å². The first-order valence-corrected chi connectivity index (χ1v) is 11.6. The van der Waals surface area contributed by atoms with Crippen molar-refractivity contribution in [3.63, 3.8) is 0 Å². The molecule has 5 rings (SSSR count). The Morgan fingerprint density at radius 3 is 2.88 bits per heavy atom. The summed E-state index contributed by atoms with van der Waals surface area (Å²) in [6.07, 6.45) is 8.34. The van der Waals surface area contributed by atoms with Crippen molar-refractivity contribution in [3.8, 4) is 0 Å². The maximum Gasteiger partial charge on any atom is 0.176 e. The predicted octanol–water partition coefficient (Wildman–Crippen LogP) is 4.59. The van der Waals surface area contributed by atoms with Gasteiger partial charge < -0.3 is 9.47 Å². The van der Waals surface area contributed by atoms with Crippen LogP contribution < -0.4 is 0 Å². The van der Waals surface area contributed by atoms with Crippen LogP contribution >= 0.6 is 0 Å². The molecule has 1 aromatic heterocycles. The molecule has 1 saturated heterocycles. The SMILES string of the molecule is C=Cc1ccc(CC2CCC3=C(OCN(C4CCCOC4)CC3=O)c3ccccc32)cn1. The summed E-state index contributed by atoms with van der Waals surface area (Å²) in [5, 5.41) is 0. The zero-order chi connectivity index (χ0) is 21.9. The van der Waals surface area contributed by atoms with Crippen LogP contribution in [0.4, 0.5) is 0 Å². The fourth-order valence-corrected chi connectivity index (χ4v) is 5.13. The molecule has 32 heavy (non-hydrogen) atoms. The van der Waals surface area contributed by atoms with E-state index in [9.17, 15) is 4.79 Å². The number of ether oxygens (including phenoxy) is 2. The second kappa shape index (κ2) is 9.39. The molecule has 0 amide bonds. The first kappa shape index (κ1) is 21.1. The van der Waals surface area contributed by atoms with Gasteiger partial charge in [-0.25, -0.2) is 0 Å². The standard InChI is InChI=1S/C27H30N2O3/c1-2-21-11-9-19(15-28-21)14-20-10-12-25-26(30)16-29(22-6-5-13-31-17-22)18-32-27(25)24-8-4-3-7-23(20)24/h2-4,7-9,11,15,20,22H,1,5-6,10,12-14,16-18H2. The predicted molar refractivity (Wildman–Crippen MR) is 125 cm³/mol. The summed E-state index contributed by atoms with van der Waals surface area (Å²) in [5.74, 6) is 1.29. The lowest BCUT2D eigenvalue weighted by Gasteiger charge is -2.32. The van der Waals surface area contributed by atoms with E-state index in [2.05, 4.69) is 40.7 Å². The van der Waals surface area contributed by atoms with Gasteiger partial charge in [0, 0.05) is 30.0 Å². The minimum atomic E-state index is 0.190. The van der Waals surface area contributed by atoms with Crippen LogP contribution in [0.25, 0.3) is 11.8 Å². The van der Waals surface area contributed by atoms with Gasteiger partial charge in [-0.05, 0) is 61.3 Å². The molecule has 2 aliphatic heterocycles. The van der Waals surface area contributed by atoms with E-state index in [1.54, 1.807) is 6.08 Å². The van der Waals surface area contributed by atoms with Crippen LogP contribution in [-0.4, -0.2) is 48.2 Å². The van der Waals surface area contributed by atoms with Crippen molar-refractivity contribution in [1.82, 2.24) is 9.88 Å². The van der Waals surface area contributed by atoms with Gasteiger partial charge in [0.15, 0.2) is 5.78 Å². The van der Waals surface area contributed by atoms with Crippen LogP contribution in [0.3, 0.4) is 0 Å². The maximum absolute atomic E-state index is 13.4. The molecule has 166 valence electrons. The number of pyridine rings is 1. The molecule has 0 spiro atoms. The van der Waals surface area contributed by atoms with Crippen LogP contribution in [0.15, 0.2) is 54.7 Å². The second-order valence-electron chi connectivity index (χ2n) is 8.94. The lowest BCUT2D eigenvalue weighted by molar-refractivity contribution is -0.118. The number of rotatable bonds is 4. The average molecular weight is 431 g/mol. The number of aromatic nitrogens is 1. The molecule has 5 nitrogen and oxygen atoms in total. The van der Waals surface area contributed by atoms with Crippen molar-refractivity contribution in [2.45, 2.75) is 44.1 Å². The third kappa shape index (κ3) is 4.27. The van der Waals surface area contributed by atoms with E-state index < -0.39 is 0 Å². The number of fused-ring (bicyclic) bond motifs is 2. The molecule has 1 fully saturated rings. The van der Waals surface area contributed by atoms with Gasteiger partial charge in [0.2, 0.25) is 0 Å². The summed E-state index contributed by atoms with van der Waals surface area (Å²) in [4.78, 5) is 20.0. The van der Waals surface area contributed by atoms with E-state index in [0.717, 1.165) is 61.3 Å². The maximum atomic E-state index is 13.4. The first-order chi connectivity index (χ1) is 15.7. The normalized spacial score (nSPS) is 24.1. The number of benzene rings is 1. The molecule has 2 atom stereocenters. The van der Waals surface area contributed by atoms with Gasteiger partial charge in [0.1, 0.15) is 12.5 Å². The average Bonchev–Trinajstić information content (AvgIpc) is 3.10. The molecule has 0 radical (unpaired) electrons. The van der Waals surface area contributed by atoms with Crippen LogP contribution in [0.5, 0.6) is 0 Å². The second-order valence-corrected chi connectivity index (χ2v) is 8.94. The zero-order valence-electron chi connectivity index (χ0n) is 18.5. The summed E-state index contributed by atoms with van der Waals surface area (Å²) in [6, 6.07) is 12.8. The van der Waals surface area contributed by atoms with Gasteiger partial charge in [-0.2, -0.15) is 0 Å². The Kier molecular flexibility index (Phi) is 6.19. The Hall–Kier alpha value is -2.76. The highest BCUT2D eigenvalue weighted by molar-refractivity contribution is 6.03. The van der Waals surface area contributed by atoms with Crippen LogP contribution in [-0.2, 0) is 20.7 Å². The summed E-state index contributed by atoms with van der Waals surface area (Å²) < 4.78 is 12.0. The third-order valence-corrected chi connectivity index (χ3v) is 6.91. The number of Topliss-reactive ketones (excluding diaryl/α,β-unsaturated/α-hetero) is 1. The van der Waals surface area contributed by atoms with E-state index in [-0.39, 0.29) is 11.8 Å². The number of carbonyl (C=O) groups excluding carboxylic acids is 1. The van der Waals surface area contributed by atoms with Crippen molar-refractivity contribution in [2.75, 3.05) is 26.5 Å². The number of hydrogen-bond donors (Lipinski definition) is 0. The molecule has 2 aromatic rings. The molecule has 2 unspecified atom stereocenters. The number of hydrogen-bond acceptors (Lipinski definition) is 5. The van der Waals surface area contributed by atoms with Crippen molar-refractivity contribution in [1.29, 1.82) is 0 Å². The first-order valence-electron chi connectivity index (χ1n) is 11.6. The molecule has 0 N–H and O–H groups in total.